The summed E-state index contributed by atoms with van der Waals surface area (Å²) in [5, 5.41) is 64.9. The highest BCUT2D eigenvalue weighted by molar-refractivity contribution is 5.95. The molecule has 1 aliphatic rings. The zero-order chi connectivity index (χ0) is 34.0. The van der Waals surface area contributed by atoms with Crippen LogP contribution in [0, 0.1) is 0 Å². The van der Waals surface area contributed by atoms with Crippen molar-refractivity contribution in [1.82, 2.24) is 5.32 Å². The number of hydrogen-bond donors (Lipinski definition) is 7. The molecule has 264 valence electrons. The number of carbonyl (C=O) groups excluding carboxylic acids is 1. The molecule has 0 aliphatic carbocycles. The summed E-state index contributed by atoms with van der Waals surface area (Å²) in [7, 11) is 0. The fraction of sp³-hybridized carbons (Fsp3) is 0.649. The minimum Gasteiger partial charge on any atom is -0.394 e. The third-order valence-corrected chi connectivity index (χ3v) is 9.02. The lowest BCUT2D eigenvalue weighted by atomic mass is 9.98. The van der Waals surface area contributed by atoms with Gasteiger partial charge in [-0.15, -0.1) is 0 Å². The second-order valence-electron chi connectivity index (χ2n) is 12.8. The highest BCUT2D eigenvalue weighted by Gasteiger charge is 2.44. The van der Waals surface area contributed by atoms with Gasteiger partial charge >= 0.3 is 0 Å². The van der Waals surface area contributed by atoms with Crippen molar-refractivity contribution >= 4 is 5.91 Å². The van der Waals surface area contributed by atoms with Gasteiger partial charge in [0.1, 0.15) is 30.5 Å². The standard InChI is InChI=1S/C37H57NO9/c1-2-3-4-5-6-7-8-9-10-11-12-16-19-30(40)32(41)29(25-46-37-35(44)34(43)33(42)31(24-39)47-37)38-36(45)28-22-20-27(21-23-28)26-17-14-13-15-18-26/h13-15,17-18,20-23,29-35,37,39-44H,2-12,16,19,24-25H2,1H3,(H,38,45)/t29?,30?,31-,32?,33+,34+,35-,37-/m1/s1. The maximum atomic E-state index is 13.3. The van der Waals surface area contributed by atoms with E-state index in [0.29, 0.717) is 18.4 Å². The predicted octanol–water partition coefficient (Wildman–Crippen LogP) is 4.08. The SMILES string of the molecule is CCCCCCCCCCCCCCC(O)C(O)C(CO[C@@H]1O[C@H](CO)[C@H](O)[C@H](O)[C@H]1O)NC(=O)c1ccc(-c2ccccc2)cc1. The molecule has 47 heavy (non-hydrogen) atoms. The Kier molecular flexibility index (Phi) is 17.9. The predicted molar refractivity (Wildman–Crippen MR) is 181 cm³/mol. The van der Waals surface area contributed by atoms with Gasteiger partial charge in [-0.3, -0.25) is 4.79 Å². The summed E-state index contributed by atoms with van der Waals surface area (Å²) < 4.78 is 11.1. The Bertz CT molecular complexity index is 1120. The van der Waals surface area contributed by atoms with Crippen LogP contribution in [-0.4, -0.2) is 98.7 Å². The lowest BCUT2D eigenvalue weighted by Crippen LogP contribution is -2.60. The Hall–Kier alpha value is -2.41. The lowest BCUT2D eigenvalue weighted by Gasteiger charge is -2.40. The Morgan fingerprint density at radius 3 is 1.89 bits per heavy atom. The van der Waals surface area contributed by atoms with E-state index in [9.17, 15) is 35.4 Å². The number of unbranched alkanes of at least 4 members (excludes halogenated alkanes) is 11. The summed E-state index contributed by atoms with van der Waals surface area (Å²) in [5.74, 6) is -0.497. The summed E-state index contributed by atoms with van der Waals surface area (Å²) in [5.41, 5.74) is 2.27. The first-order valence-corrected chi connectivity index (χ1v) is 17.5. The molecule has 0 saturated carbocycles. The summed E-state index contributed by atoms with van der Waals surface area (Å²) in [4.78, 5) is 13.3. The Labute approximate surface area is 279 Å². The van der Waals surface area contributed by atoms with Crippen LogP contribution in [-0.2, 0) is 9.47 Å². The van der Waals surface area contributed by atoms with E-state index in [4.69, 9.17) is 9.47 Å². The van der Waals surface area contributed by atoms with Crippen molar-refractivity contribution < 1.29 is 44.9 Å². The van der Waals surface area contributed by atoms with Crippen molar-refractivity contribution in [1.29, 1.82) is 0 Å². The largest absolute Gasteiger partial charge is 0.394 e. The third-order valence-electron chi connectivity index (χ3n) is 9.02. The molecule has 0 bridgehead atoms. The van der Waals surface area contributed by atoms with Crippen LogP contribution in [0.25, 0.3) is 11.1 Å². The molecule has 1 fully saturated rings. The van der Waals surface area contributed by atoms with Crippen LogP contribution in [0.5, 0.6) is 0 Å². The molecular weight excluding hydrogens is 602 g/mol. The molecule has 2 aromatic rings. The van der Waals surface area contributed by atoms with Gasteiger partial charge in [0, 0.05) is 5.56 Å². The van der Waals surface area contributed by atoms with Gasteiger partial charge in [0.15, 0.2) is 6.29 Å². The van der Waals surface area contributed by atoms with Crippen LogP contribution in [0.3, 0.4) is 0 Å². The molecule has 3 rings (SSSR count). The van der Waals surface area contributed by atoms with E-state index >= 15 is 0 Å². The Balaban J connectivity index is 1.54. The van der Waals surface area contributed by atoms with E-state index in [1.54, 1.807) is 12.1 Å². The minimum atomic E-state index is -1.64. The molecule has 0 radical (unpaired) electrons. The highest BCUT2D eigenvalue weighted by atomic mass is 16.7. The molecule has 1 amide bonds. The first kappa shape index (κ1) is 39.0. The molecule has 0 aromatic heterocycles. The van der Waals surface area contributed by atoms with Gasteiger partial charge in [-0.1, -0.05) is 126 Å². The molecule has 0 spiro atoms. The van der Waals surface area contributed by atoms with Crippen LogP contribution >= 0.6 is 0 Å². The first-order valence-electron chi connectivity index (χ1n) is 17.5. The van der Waals surface area contributed by atoms with Gasteiger partial charge in [-0.05, 0) is 29.7 Å². The van der Waals surface area contributed by atoms with Gasteiger partial charge < -0.3 is 45.4 Å². The molecule has 1 aliphatic heterocycles. The van der Waals surface area contributed by atoms with E-state index in [2.05, 4.69) is 12.2 Å². The van der Waals surface area contributed by atoms with Crippen molar-refractivity contribution in [3.63, 3.8) is 0 Å². The van der Waals surface area contributed by atoms with E-state index < -0.39 is 61.5 Å². The maximum absolute atomic E-state index is 13.3. The second-order valence-corrected chi connectivity index (χ2v) is 12.8. The van der Waals surface area contributed by atoms with Gasteiger partial charge in [-0.2, -0.15) is 0 Å². The molecule has 1 saturated heterocycles. The Morgan fingerprint density at radius 2 is 1.32 bits per heavy atom. The minimum absolute atomic E-state index is 0.330. The molecule has 10 heteroatoms. The van der Waals surface area contributed by atoms with Crippen molar-refractivity contribution in [3.05, 3.63) is 60.2 Å². The molecule has 2 aromatic carbocycles. The van der Waals surface area contributed by atoms with Gasteiger partial charge in [0.25, 0.3) is 5.91 Å². The summed E-state index contributed by atoms with van der Waals surface area (Å²) in [6.45, 7) is 1.23. The molecule has 7 N–H and O–H groups in total. The summed E-state index contributed by atoms with van der Waals surface area (Å²) >= 11 is 0. The topological polar surface area (TPSA) is 169 Å². The second kappa shape index (κ2) is 21.5. The van der Waals surface area contributed by atoms with Crippen LogP contribution in [0.2, 0.25) is 0 Å². The molecule has 3 unspecified atom stereocenters. The number of aliphatic hydroxyl groups is 6. The molecule has 8 atom stereocenters. The normalized spacial score (nSPS) is 23.3. The zero-order valence-electron chi connectivity index (χ0n) is 27.8. The summed E-state index contributed by atoms with van der Waals surface area (Å²) in [6.07, 6.45) is 4.44. The van der Waals surface area contributed by atoms with E-state index in [-0.39, 0.29) is 6.61 Å². The van der Waals surface area contributed by atoms with Gasteiger partial charge in [0.05, 0.1) is 25.4 Å². The summed E-state index contributed by atoms with van der Waals surface area (Å²) in [6, 6.07) is 15.6. The monoisotopic (exact) mass is 659 g/mol. The molecule has 10 nitrogen and oxygen atoms in total. The van der Waals surface area contributed by atoms with E-state index in [1.807, 2.05) is 42.5 Å². The first-order chi connectivity index (χ1) is 22.8. The van der Waals surface area contributed by atoms with Crippen LogP contribution < -0.4 is 5.32 Å². The maximum Gasteiger partial charge on any atom is 0.251 e. The Morgan fingerprint density at radius 1 is 0.766 bits per heavy atom. The third kappa shape index (κ3) is 12.9. The number of nitrogens with one attached hydrogen (secondary N) is 1. The smallest absolute Gasteiger partial charge is 0.251 e. The highest BCUT2D eigenvalue weighted by Crippen LogP contribution is 2.23. The molecule has 1 heterocycles. The number of rotatable bonds is 22. The number of hydrogen-bond acceptors (Lipinski definition) is 9. The number of benzene rings is 2. The van der Waals surface area contributed by atoms with Crippen LogP contribution in [0.4, 0.5) is 0 Å². The average Bonchev–Trinajstić information content (AvgIpc) is 3.10. The van der Waals surface area contributed by atoms with Gasteiger partial charge in [-0.25, -0.2) is 0 Å². The van der Waals surface area contributed by atoms with Gasteiger partial charge in [0.2, 0.25) is 0 Å². The van der Waals surface area contributed by atoms with Crippen molar-refractivity contribution in [3.8, 4) is 11.1 Å². The number of carbonyl (C=O) groups is 1. The number of amides is 1. The number of aliphatic hydroxyl groups excluding tert-OH is 6. The quantitative estimate of drug-likeness (QED) is 0.0921. The van der Waals surface area contributed by atoms with Crippen LogP contribution in [0.1, 0.15) is 101 Å². The fourth-order valence-corrected chi connectivity index (χ4v) is 5.96. The lowest BCUT2D eigenvalue weighted by molar-refractivity contribution is -0.303. The van der Waals surface area contributed by atoms with Crippen molar-refractivity contribution in [2.45, 2.75) is 139 Å². The number of ether oxygens (including phenoxy) is 2. The van der Waals surface area contributed by atoms with E-state index in [0.717, 1.165) is 30.4 Å². The van der Waals surface area contributed by atoms with Crippen LogP contribution in [0.15, 0.2) is 54.6 Å². The fourth-order valence-electron chi connectivity index (χ4n) is 5.96. The van der Waals surface area contributed by atoms with Crippen molar-refractivity contribution in [2.24, 2.45) is 0 Å². The van der Waals surface area contributed by atoms with Crippen molar-refractivity contribution in [2.75, 3.05) is 13.2 Å². The zero-order valence-corrected chi connectivity index (χ0v) is 27.8. The molecular formula is C37H57NO9. The van der Waals surface area contributed by atoms with E-state index in [1.165, 1.54) is 51.4 Å². The average molecular weight is 660 g/mol.